The summed E-state index contributed by atoms with van der Waals surface area (Å²) in [5, 5.41) is 10.4. The summed E-state index contributed by atoms with van der Waals surface area (Å²) in [6.07, 6.45) is 5.46. The van der Waals surface area contributed by atoms with Gasteiger partial charge in [0.15, 0.2) is 0 Å². The monoisotopic (exact) mass is 245 g/mol. The summed E-state index contributed by atoms with van der Waals surface area (Å²) in [7, 11) is 0. The van der Waals surface area contributed by atoms with Crippen LogP contribution in [0.25, 0.3) is 22.6 Å². The number of nitrogens with one attached hydrogen (secondary N) is 1. The second-order valence-corrected chi connectivity index (χ2v) is 4.17. The van der Waals surface area contributed by atoms with Crippen molar-refractivity contribution in [3.63, 3.8) is 0 Å². The van der Waals surface area contributed by atoms with Crippen LogP contribution < -0.4 is 0 Å². The van der Waals surface area contributed by atoms with Gasteiger partial charge in [0.2, 0.25) is 0 Å². The molecule has 0 aliphatic rings. The molecule has 2 aromatic heterocycles. The van der Waals surface area contributed by atoms with Gasteiger partial charge < -0.3 is 4.98 Å². The molecule has 19 heavy (non-hydrogen) atoms. The van der Waals surface area contributed by atoms with E-state index in [1.807, 2.05) is 54.7 Å². The molecule has 0 bridgehead atoms. The van der Waals surface area contributed by atoms with Crippen molar-refractivity contribution in [1.29, 1.82) is 5.26 Å². The lowest BCUT2D eigenvalue weighted by atomic mass is 10.1. The van der Waals surface area contributed by atoms with E-state index < -0.39 is 0 Å². The van der Waals surface area contributed by atoms with Crippen molar-refractivity contribution >= 4 is 22.6 Å². The van der Waals surface area contributed by atoms with Crippen LogP contribution in [-0.4, -0.2) is 9.97 Å². The molecule has 0 saturated carbocycles. The van der Waals surface area contributed by atoms with Crippen LogP contribution in [0.3, 0.4) is 0 Å². The summed E-state index contributed by atoms with van der Waals surface area (Å²) in [5.74, 6) is 0. The van der Waals surface area contributed by atoms with Crippen LogP contribution in [0.1, 0.15) is 11.3 Å². The lowest BCUT2D eigenvalue weighted by Gasteiger charge is -1.97. The van der Waals surface area contributed by atoms with E-state index in [9.17, 15) is 5.26 Å². The maximum absolute atomic E-state index is 9.28. The standard InChI is InChI=1S/C16H11N3/c17-10-12(15-6-3-4-8-18-15)9-13-11-19-16-7-2-1-5-14(13)16/h1-9,11,19H. The second-order valence-electron chi connectivity index (χ2n) is 4.17. The highest BCUT2D eigenvalue weighted by atomic mass is 14.7. The number of H-pyrrole nitrogens is 1. The highest BCUT2D eigenvalue weighted by Gasteiger charge is 2.05. The molecule has 0 radical (unpaired) electrons. The summed E-state index contributed by atoms with van der Waals surface area (Å²) < 4.78 is 0. The zero-order chi connectivity index (χ0) is 13.1. The number of rotatable bonds is 2. The molecule has 3 rings (SSSR count). The number of hydrogen-bond acceptors (Lipinski definition) is 2. The van der Waals surface area contributed by atoms with Gasteiger partial charge in [-0.25, -0.2) is 0 Å². The van der Waals surface area contributed by atoms with Crippen molar-refractivity contribution in [3.05, 3.63) is 66.1 Å². The van der Waals surface area contributed by atoms with Gasteiger partial charge >= 0.3 is 0 Å². The van der Waals surface area contributed by atoms with Crippen molar-refractivity contribution in [2.24, 2.45) is 0 Å². The van der Waals surface area contributed by atoms with E-state index in [4.69, 9.17) is 0 Å². The van der Waals surface area contributed by atoms with Gasteiger partial charge in [0, 0.05) is 28.9 Å². The molecule has 90 valence electrons. The van der Waals surface area contributed by atoms with Crippen molar-refractivity contribution in [2.75, 3.05) is 0 Å². The van der Waals surface area contributed by atoms with Gasteiger partial charge in [-0.05, 0) is 24.3 Å². The van der Waals surface area contributed by atoms with Crippen LogP contribution >= 0.6 is 0 Å². The van der Waals surface area contributed by atoms with E-state index >= 15 is 0 Å². The summed E-state index contributed by atoms with van der Waals surface area (Å²) >= 11 is 0. The number of para-hydroxylation sites is 1. The lowest BCUT2D eigenvalue weighted by Crippen LogP contribution is -1.85. The molecule has 0 aliphatic carbocycles. The normalized spacial score (nSPS) is 11.4. The molecule has 1 N–H and O–H groups in total. The minimum absolute atomic E-state index is 0.561. The SMILES string of the molecule is N#CC(=Cc1c[nH]c2ccccc12)c1ccccn1. The number of aromatic amines is 1. The number of benzene rings is 1. The van der Waals surface area contributed by atoms with Crippen molar-refractivity contribution in [3.8, 4) is 6.07 Å². The number of nitrogens with zero attached hydrogens (tertiary/aromatic N) is 2. The number of hydrogen-bond donors (Lipinski definition) is 1. The molecule has 3 nitrogen and oxygen atoms in total. The Morgan fingerprint density at radius 3 is 2.79 bits per heavy atom. The predicted molar refractivity (Wildman–Crippen MR) is 76.0 cm³/mol. The Kier molecular flexibility index (Phi) is 2.83. The molecule has 0 atom stereocenters. The molecule has 1 aromatic carbocycles. The molecule has 2 heterocycles. The maximum atomic E-state index is 9.28. The Bertz CT molecular complexity index is 776. The summed E-state index contributed by atoms with van der Waals surface area (Å²) in [6, 6.07) is 15.8. The number of fused-ring (bicyclic) bond motifs is 1. The van der Waals surface area contributed by atoms with E-state index in [1.165, 1.54) is 0 Å². The van der Waals surface area contributed by atoms with Gasteiger partial charge in [0.05, 0.1) is 11.3 Å². The number of allylic oxidation sites excluding steroid dienone is 1. The van der Waals surface area contributed by atoms with E-state index in [0.29, 0.717) is 11.3 Å². The molecular formula is C16H11N3. The quantitative estimate of drug-likeness (QED) is 0.701. The van der Waals surface area contributed by atoms with E-state index in [-0.39, 0.29) is 0 Å². The lowest BCUT2D eigenvalue weighted by molar-refractivity contribution is 1.28. The van der Waals surface area contributed by atoms with Gasteiger partial charge in [-0.2, -0.15) is 5.26 Å². The van der Waals surface area contributed by atoms with Gasteiger partial charge in [-0.15, -0.1) is 0 Å². The highest BCUT2D eigenvalue weighted by Crippen LogP contribution is 2.22. The molecule has 0 amide bonds. The van der Waals surface area contributed by atoms with Crippen LogP contribution in [-0.2, 0) is 0 Å². The Balaban J connectivity index is 2.12. The summed E-state index contributed by atoms with van der Waals surface area (Å²) in [6.45, 7) is 0. The largest absolute Gasteiger partial charge is 0.361 e. The first-order valence-corrected chi connectivity index (χ1v) is 5.98. The first-order chi connectivity index (χ1) is 9.38. The molecule has 3 aromatic rings. The minimum Gasteiger partial charge on any atom is -0.361 e. The van der Waals surface area contributed by atoms with Crippen LogP contribution in [0.5, 0.6) is 0 Å². The average Bonchev–Trinajstić information content (AvgIpc) is 2.89. The Morgan fingerprint density at radius 1 is 1.16 bits per heavy atom. The predicted octanol–water partition coefficient (Wildman–Crippen LogP) is 3.63. The zero-order valence-electron chi connectivity index (χ0n) is 10.2. The topological polar surface area (TPSA) is 52.5 Å². The molecule has 0 saturated heterocycles. The van der Waals surface area contributed by atoms with Crippen LogP contribution in [0.4, 0.5) is 0 Å². The third kappa shape index (κ3) is 2.12. The molecular weight excluding hydrogens is 234 g/mol. The number of aromatic nitrogens is 2. The fourth-order valence-electron chi connectivity index (χ4n) is 2.05. The van der Waals surface area contributed by atoms with Crippen molar-refractivity contribution in [2.45, 2.75) is 0 Å². The minimum atomic E-state index is 0.561. The second kappa shape index (κ2) is 4.79. The Hall–Kier alpha value is -2.86. The fourth-order valence-corrected chi connectivity index (χ4v) is 2.05. The number of pyridine rings is 1. The van der Waals surface area contributed by atoms with Gasteiger partial charge in [0.1, 0.15) is 6.07 Å². The maximum Gasteiger partial charge on any atom is 0.101 e. The van der Waals surface area contributed by atoms with E-state index in [0.717, 1.165) is 16.5 Å². The third-order valence-corrected chi connectivity index (χ3v) is 2.98. The van der Waals surface area contributed by atoms with Crippen LogP contribution in [0.2, 0.25) is 0 Å². The Morgan fingerprint density at radius 2 is 2.00 bits per heavy atom. The molecule has 0 fully saturated rings. The molecule has 0 unspecified atom stereocenters. The zero-order valence-corrected chi connectivity index (χ0v) is 10.2. The molecule has 3 heteroatoms. The number of nitriles is 1. The van der Waals surface area contributed by atoms with E-state index in [2.05, 4.69) is 16.0 Å². The van der Waals surface area contributed by atoms with Gasteiger partial charge in [-0.3, -0.25) is 4.98 Å². The van der Waals surface area contributed by atoms with Gasteiger partial charge in [0.25, 0.3) is 0 Å². The average molecular weight is 245 g/mol. The van der Waals surface area contributed by atoms with Gasteiger partial charge in [-0.1, -0.05) is 24.3 Å². The van der Waals surface area contributed by atoms with Crippen LogP contribution in [0.15, 0.2) is 54.9 Å². The third-order valence-electron chi connectivity index (χ3n) is 2.98. The summed E-state index contributed by atoms with van der Waals surface area (Å²) in [4.78, 5) is 7.40. The van der Waals surface area contributed by atoms with Crippen molar-refractivity contribution in [1.82, 2.24) is 9.97 Å². The fraction of sp³-hybridized carbons (Fsp3) is 0. The molecule has 0 aliphatic heterocycles. The van der Waals surface area contributed by atoms with E-state index in [1.54, 1.807) is 6.20 Å². The first-order valence-electron chi connectivity index (χ1n) is 5.98. The van der Waals surface area contributed by atoms with Crippen LogP contribution in [0, 0.1) is 11.3 Å². The highest BCUT2D eigenvalue weighted by molar-refractivity contribution is 5.97. The van der Waals surface area contributed by atoms with Crippen molar-refractivity contribution < 1.29 is 0 Å². The smallest absolute Gasteiger partial charge is 0.101 e. The molecule has 0 spiro atoms. The Labute approximate surface area is 110 Å². The summed E-state index contributed by atoms with van der Waals surface area (Å²) in [5.41, 5.74) is 3.31. The first kappa shape index (κ1) is 11.2.